The topological polar surface area (TPSA) is 64.1 Å². The van der Waals surface area contributed by atoms with E-state index in [1.165, 1.54) is 16.9 Å². The van der Waals surface area contributed by atoms with Crippen molar-refractivity contribution in [3.8, 4) is 5.75 Å². The van der Waals surface area contributed by atoms with E-state index in [9.17, 15) is 4.79 Å². The lowest BCUT2D eigenvalue weighted by Gasteiger charge is -2.14. The number of aromatic nitrogens is 2. The minimum Gasteiger partial charge on any atom is -0.481 e. The van der Waals surface area contributed by atoms with Crippen LogP contribution in [0.1, 0.15) is 23.6 Å². The van der Waals surface area contributed by atoms with E-state index in [1.54, 1.807) is 18.7 Å². The third-order valence-corrected chi connectivity index (χ3v) is 6.37. The Labute approximate surface area is 177 Å². The van der Waals surface area contributed by atoms with Crippen molar-refractivity contribution in [3.05, 3.63) is 64.2 Å². The number of rotatable bonds is 7. The number of ether oxygens (including phenoxy) is 1. The van der Waals surface area contributed by atoms with Gasteiger partial charge in [0.15, 0.2) is 10.4 Å². The van der Waals surface area contributed by atoms with Gasteiger partial charge in [0.25, 0.3) is 5.91 Å². The Morgan fingerprint density at radius 3 is 2.64 bits per heavy atom. The summed E-state index contributed by atoms with van der Waals surface area (Å²) in [5.41, 5.74) is 3.45. The van der Waals surface area contributed by atoms with E-state index in [0.717, 1.165) is 21.2 Å². The van der Waals surface area contributed by atoms with Crippen LogP contribution in [0.15, 0.2) is 46.8 Å². The van der Waals surface area contributed by atoms with Crippen molar-refractivity contribution in [1.29, 1.82) is 0 Å². The monoisotopic (exact) mass is 433 g/mol. The third kappa shape index (κ3) is 5.70. The molecule has 3 rings (SSSR count). The molecule has 3 aromatic rings. The van der Waals surface area contributed by atoms with Crippen LogP contribution in [0.25, 0.3) is 0 Å². The highest BCUT2D eigenvalue weighted by molar-refractivity contribution is 8.00. The second-order valence-corrected chi connectivity index (χ2v) is 8.92. The molecule has 0 radical (unpaired) electrons. The Bertz CT molecular complexity index is 960. The fourth-order valence-corrected chi connectivity index (χ4v) is 4.13. The molecule has 8 heteroatoms. The van der Waals surface area contributed by atoms with Gasteiger partial charge in [0.2, 0.25) is 5.13 Å². The Morgan fingerprint density at radius 1 is 1.18 bits per heavy atom. The van der Waals surface area contributed by atoms with Gasteiger partial charge in [0, 0.05) is 10.8 Å². The van der Waals surface area contributed by atoms with Gasteiger partial charge >= 0.3 is 0 Å². The Morgan fingerprint density at radius 2 is 1.93 bits per heavy atom. The molecule has 0 saturated carbocycles. The van der Waals surface area contributed by atoms with Gasteiger partial charge in [0.05, 0.1) is 0 Å². The Kier molecular flexibility index (Phi) is 6.93. The summed E-state index contributed by atoms with van der Waals surface area (Å²) in [7, 11) is 0. The van der Waals surface area contributed by atoms with Crippen LogP contribution in [-0.4, -0.2) is 22.2 Å². The molecule has 2 aromatic carbocycles. The van der Waals surface area contributed by atoms with Gasteiger partial charge in [-0.25, -0.2) is 0 Å². The van der Waals surface area contributed by atoms with Crippen LogP contribution in [0.4, 0.5) is 5.13 Å². The molecule has 5 nitrogen and oxygen atoms in total. The van der Waals surface area contributed by atoms with E-state index < -0.39 is 6.10 Å². The Hall–Kier alpha value is -2.09. The van der Waals surface area contributed by atoms with Crippen molar-refractivity contribution in [2.45, 2.75) is 37.0 Å². The van der Waals surface area contributed by atoms with Gasteiger partial charge in [-0.05, 0) is 61.7 Å². The number of amides is 1. The number of nitrogens with one attached hydrogen (secondary N) is 1. The van der Waals surface area contributed by atoms with Crippen LogP contribution in [0, 0.1) is 13.8 Å². The summed E-state index contributed by atoms with van der Waals surface area (Å²) in [4.78, 5) is 12.4. The lowest BCUT2D eigenvalue weighted by Crippen LogP contribution is -2.30. The lowest BCUT2D eigenvalue weighted by atomic mass is 10.1. The van der Waals surface area contributed by atoms with Gasteiger partial charge in [-0.3, -0.25) is 10.1 Å². The van der Waals surface area contributed by atoms with Crippen molar-refractivity contribution in [2.24, 2.45) is 0 Å². The molecule has 1 amide bonds. The first-order chi connectivity index (χ1) is 13.4. The first-order valence-electron chi connectivity index (χ1n) is 8.66. The summed E-state index contributed by atoms with van der Waals surface area (Å²) in [6, 6.07) is 13.4. The summed E-state index contributed by atoms with van der Waals surface area (Å²) in [5.74, 6) is 1.16. The summed E-state index contributed by atoms with van der Waals surface area (Å²) < 4.78 is 6.52. The summed E-state index contributed by atoms with van der Waals surface area (Å²) in [6.45, 7) is 5.76. The fraction of sp³-hybridized carbons (Fsp3) is 0.250. The number of hydrogen-bond donors (Lipinski definition) is 1. The number of benzene rings is 2. The zero-order valence-corrected chi connectivity index (χ0v) is 18.1. The zero-order valence-electron chi connectivity index (χ0n) is 15.7. The first-order valence-corrected chi connectivity index (χ1v) is 10.8. The average molecular weight is 434 g/mol. The molecule has 0 aliphatic heterocycles. The molecule has 0 bridgehead atoms. The number of hydrogen-bond acceptors (Lipinski definition) is 6. The molecule has 1 atom stereocenters. The van der Waals surface area contributed by atoms with E-state index in [1.807, 2.05) is 56.3 Å². The molecule has 28 heavy (non-hydrogen) atoms. The summed E-state index contributed by atoms with van der Waals surface area (Å²) in [6.07, 6.45) is -0.642. The molecule has 0 aliphatic rings. The maximum Gasteiger partial charge on any atom is 0.266 e. The Balaban J connectivity index is 1.52. The largest absolute Gasteiger partial charge is 0.481 e. The van der Waals surface area contributed by atoms with Gasteiger partial charge in [-0.15, -0.1) is 10.2 Å². The molecular weight excluding hydrogens is 414 g/mol. The van der Waals surface area contributed by atoms with Crippen molar-refractivity contribution in [1.82, 2.24) is 10.2 Å². The highest BCUT2D eigenvalue weighted by atomic mass is 35.5. The number of thioether (sulfide) groups is 1. The van der Waals surface area contributed by atoms with E-state index in [2.05, 4.69) is 15.5 Å². The SMILES string of the molecule is Cc1ccc(OC(C)C(=O)Nc2nnc(SCc3ccc(Cl)cc3)s2)cc1C. The molecule has 1 unspecified atom stereocenters. The number of aryl methyl sites for hydroxylation is 2. The molecule has 0 saturated heterocycles. The number of anilines is 1. The maximum atomic E-state index is 12.4. The molecule has 0 aliphatic carbocycles. The second-order valence-electron chi connectivity index (χ2n) is 6.28. The minimum atomic E-state index is -0.642. The molecule has 1 N–H and O–H groups in total. The molecule has 0 spiro atoms. The summed E-state index contributed by atoms with van der Waals surface area (Å²) >= 11 is 8.79. The number of nitrogens with zero attached hydrogens (tertiary/aromatic N) is 2. The number of carbonyl (C=O) groups excluding carboxylic acids is 1. The van der Waals surface area contributed by atoms with Crippen LogP contribution < -0.4 is 10.1 Å². The van der Waals surface area contributed by atoms with E-state index >= 15 is 0 Å². The maximum absolute atomic E-state index is 12.4. The van der Waals surface area contributed by atoms with E-state index in [4.69, 9.17) is 16.3 Å². The molecule has 1 aromatic heterocycles. The quantitative estimate of drug-likeness (QED) is 0.393. The van der Waals surface area contributed by atoms with Crippen LogP contribution in [0.2, 0.25) is 5.02 Å². The van der Waals surface area contributed by atoms with Crippen LogP contribution in [-0.2, 0) is 10.5 Å². The van der Waals surface area contributed by atoms with Gasteiger partial charge in [0.1, 0.15) is 5.75 Å². The highest BCUT2D eigenvalue weighted by Gasteiger charge is 2.17. The second kappa shape index (κ2) is 9.41. The number of halogens is 1. The molecule has 1 heterocycles. The number of carbonyl (C=O) groups is 1. The highest BCUT2D eigenvalue weighted by Crippen LogP contribution is 2.29. The first kappa shape index (κ1) is 20.6. The van der Waals surface area contributed by atoms with Crippen LogP contribution in [0.3, 0.4) is 0 Å². The average Bonchev–Trinajstić information content (AvgIpc) is 3.11. The zero-order chi connectivity index (χ0) is 20.1. The van der Waals surface area contributed by atoms with Gasteiger partial charge < -0.3 is 4.74 Å². The van der Waals surface area contributed by atoms with Crippen molar-refractivity contribution >= 4 is 45.7 Å². The predicted octanol–water partition coefficient (Wildman–Crippen LogP) is 5.51. The molecular formula is C20H20ClN3O2S2. The van der Waals surface area contributed by atoms with Gasteiger partial charge in [-0.1, -0.05) is 52.9 Å². The minimum absolute atomic E-state index is 0.261. The van der Waals surface area contributed by atoms with Gasteiger partial charge in [-0.2, -0.15) is 0 Å². The van der Waals surface area contributed by atoms with Crippen molar-refractivity contribution in [2.75, 3.05) is 5.32 Å². The van der Waals surface area contributed by atoms with E-state index in [-0.39, 0.29) is 5.91 Å². The molecule has 146 valence electrons. The summed E-state index contributed by atoms with van der Waals surface area (Å²) in [5, 5.41) is 12.1. The normalized spacial score (nSPS) is 11.9. The van der Waals surface area contributed by atoms with Crippen molar-refractivity contribution < 1.29 is 9.53 Å². The smallest absolute Gasteiger partial charge is 0.266 e. The standard InChI is InChI=1S/C20H20ClN3O2S2/c1-12-4-9-17(10-13(12)2)26-14(3)18(25)22-19-23-24-20(28-19)27-11-15-5-7-16(21)8-6-15/h4-10,14H,11H2,1-3H3,(H,22,23,25). The van der Waals surface area contributed by atoms with Crippen molar-refractivity contribution in [3.63, 3.8) is 0 Å². The fourth-order valence-electron chi connectivity index (χ4n) is 2.30. The lowest BCUT2D eigenvalue weighted by molar-refractivity contribution is -0.122. The van der Waals surface area contributed by atoms with E-state index in [0.29, 0.717) is 15.9 Å². The van der Waals surface area contributed by atoms with Crippen LogP contribution >= 0.6 is 34.7 Å². The predicted molar refractivity (Wildman–Crippen MR) is 116 cm³/mol. The van der Waals surface area contributed by atoms with Crippen LogP contribution in [0.5, 0.6) is 5.75 Å². The molecule has 0 fully saturated rings. The third-order valence-electron chi connectivity index (χ3n) is 4.07.